The van der Waals surface area contributed by atoms with E-state index in [9.17, 15) is 26.3 Å². The Morgan fingerprint density at radius 3 is 2.51 bits per heavy atom. The number of hydrogen-bond donors (Lipinski definition) is 1. The molecule has 1 aliphatic heterocycles. The van der Waals surface area contributed by atoms with Crippen molar-refractivity contribution >= 4 is 0 Å². The van der Waals surface area contributed by atoms with E-state index in [0.29, 0.717) is 30.2 Å². The molecule has 0 spiro atoms. The number of nitrogens with one attached hydrogen (secondary N) is 1. The first-order valence-corrected chi connectivity index (χ1v) is 12.4. The van der Waals surface area contributed by atoms with Crippen LogP contribution in [0.15, 0.2) is 53.2 Å². The summed E-state index contributed by atoms with van der Waals surface area (Å²) in [6, 6.07) is 8.91. The van der Waals surface area contributed by atoms with Gasteiger partial charge in [0.25, 0.3) is 5.89 Å². The summed E-state index contributed by atoms with van der Waals surface area (Å²) < 4.78 is 83.6. The van der Waals surface area contributed by atoms with Gasteiger partial charge in [-0.3, -0.25) is 4.90 Å². The summed E-state index contributed by atoms with van der Waals surface area (Å²) in [6.45, 7) is 4.58. The van der Waals surface area contributed by atoms with Gasteiger partial charge in [0, 0.05) is 17.5 Å². The van der Waals surface area contributed by atoms with Crippen LogP contribution in [-0.4, -0.2) is 37.6 Å². The second-order valence-electron chi connectivity index (χ2n) is 9.84. The van der Waals surface area contributed by atoms with E-state index >= 15 is 0 Å². The van der Waals surface area contributed by atoms with Crippen LogP contribution in [0.5, 0.6) is 0 Å². The van der Waals surface area contributed by atoms with E-state index in [1.165, 1.54) is 31.2 Å². The van der Waals surface area contributed by atoms with Gasteiger partial charge in [0.1, 0.15) is 5.82 Å². The van der Waals surface area contributed by atoms with E-state index in [1.54, 1.807) is 6.20 Å². The third-order valence-electron chi connectivity index (χ3n) is 7.09. The number of aromatic amines is 1. The lowest BCUT2D eigenvalue weighted by Gasteiger charge is -2.36. The largest absolute Gasteiger partial charge is 0.416 e. The molecular weight excluding hydrogens is 524 g/mol. The van der Waals surface area contributed by atoms with Crippen LogP contribution < -0.4 is 0 Å². The van der Waals surface area contributed by atoms with Gasteiger partial charge >= 0.3 is 12.4 Å². The number of aryl methyl sites for hydroxylation is 1. The van der Waals surface area contributed by atoms with Crippen molar-refractivity contribution in [3.05, 3.63) is 77.0 Å². The van der Waals surface area contributed by atoms with Crippen LogP contribution in [0.3, 0.4) is 0 Å². The standard InChI is InChI=1S/C27H25F6N5O/c1-15-10-17(6-7-21(15)27(31,32)33)22-13-34-24(35-22)18-8-9-38(16(2)11-18)14-23-36-25(39-37-23)19-4-3-5-20(12-19)26(28,29)30/h3-7,10,12-13,16,18H,8-9,11,14H2,1-2H3,(H,34,35). The first-order valence-electron chi connectivity index (χ1n) is 12.4. The number of benzene rings is 2. The Bertz CT molecular complexity index is 1460. The third-order valence-corrected chi connectivity index (χ3v) is 7.09. The number of rotatable bonds is 5. The number of imidazole rings is 1. The van der Waals surface area contributed by atoms with Gasteiger partial charge in [-0.25, -0.2) is 4.98 Å². The van der Waals surface area contributed by atoms with E-state index in [-0.39, 0.29) is 29.0 Å². The van der Waals surface area contributed by atoms with E-state index in [1.807, 2.05) is 0 Å². The quantitative estimate of drug-likeness (QED) is 0.266. The summed E-state index contributed by atoms with van der Waals surface area (Å²) in [5.41, 5.74) is 0.202. The Morgan fingerprint density at radius 1 is 1.03 bits per heavy atom. The number of hydrogen-bond acceptors (Lipinski definition) is 5. The van der Waals surface area contributed by atoms with Gasteiger partial charge in [0.2, 0.25) is 0 Å². The van der Waals surface area contributed by atoms with E-state index in [0.717, 1.165) is 36.9 Å². The zero-order valence-electron chi connectivity index (χ0n) is 21.1. The van der Waals surface area contributed by atoms with Crippen LogP contribution in [0.1, 0.15) is 54.0 Å². The highest BCUT2D eigenvalue weighted by atomic mass is 19.4. The Hall–Kier alpha value is -3.67. The fourth-order valence-electron chi connectivity index (χ4n) is 4.99. The van der Waals surface area contributed by atoms with Crippen LogP contribution >= 0.6 is 0 Å². The molecule has 1 fully saturated rings. The monoisotopic (exact) mass is 549 g/mol. The number of aromatic nitrogens is 4. The minimum Gasteiger partial charge on any atom is -0.342 e. The highest BCUT2D eigenvalue weighted by Gasteiger charge is 2.33. The zero-order chi connectivity index (χ0) is 27.9. The Morgan fingerprint density at radius 2 is 1.82 bits per heavy atom. The molecule has 0 radical (unpaired) electrons. The van der Waals surface area contributed by atoms with E-state index in [2.05, 4.69) is 31.9 Å². The maximum Gasteiger partial charge on any atom is 0.416 e. The zero-order valence-corrected chi connectivity index (χ0v) is 21.1. The van der Waals surface area contributed by atoms with Gasteiger partial charge in [-0.2, -0.15) is 31.3 Å². The third kappa shape index (κ3) is 5.85. The molecule has 2 unspecified atom stereocenters. The Labute approximate surface area is 220 Å². The van der Waals surface area contributed by atoms with Crippen LogP contribution in [0.25, 0.3) is 22.7 Å². The lowest BCUT2D eigenvalue weighted by Crippen LogP contribution is -2.40. The first kappa shape index (κ1) is 26.9. The topological polar surface area (TPSA) is 70.8 Å². The number of likely N-dealkylation sites (tertiary alicyclic amines) is 1. The molecule has 5 rings (SSSR count). The molecule has 2 aromatic heterocycles. The van der Waals surface area contributed by atoms with Gasteiger partial charge in [0.05, 0.1) is 29.6 Å². The van der Waals surface area contributed by atoms with Crippen molar-refractivity contribution in [3.8, 4) is 22.7 Å². The summed E-state index contributed by atoms with van der Waals surface area (Å²) in [4.78, 5) is 14.2. The Balaban J connectivity index is 1.22. The molecule has 0 saturated carbocycles. The van der Waals surface area contributed by atoms with E-state index < -0.39 is 23.5 Å². The number of piperidine rings is 1. The smallest absolute Gasteiger partial charge is 0.342 e. The van der Waals surface area contributed by atoms with Crippen LogP contribution in [0, 0.1) is 6.92 Å². The van der Waals surface area contributed by atoms with Crippen LogP contribution in [0.2, 0.25) is 0 Å². The van der Waals surface area contributed by atoms with Crippen LogP contribution in [-0.2, 0) is 18.9 Å². The molecule has 0 amide bonds. The van der Waals surface area contributed by atoms with Crippen molar-refractivity contribution < 1.29 is 30.9 Å². The van der Waals surface area contributed by atoms with E-state index in [4.69, 9.17) is 4.52 Å². The maximum absolute atomic E-state index is 13.1. The fraction of sp³-hybridized carbons (Fsp3) is 0.370. The van der Waals surface area contributed by atoms with Crippen LogP contribution in [0.4, 0.5) is 26.3 Å². The summed E-state index contributed by atoms with van der Waals surface area (Å²) in [7, 11) is 0. The number of alkyl halides is 6. The summed E-state index contributed by atoms with van der Waals surface area (Å²) in [5, 5.41) is 3.96. The molecule has 1 saturated heterocycles. The average Bonchev–Trinajstić information content (AvgIpc) is 3.54. The molecule has 4 aromatic rings. The van der Waals surface area contributed by atoms with Crippen molar-refractivity contribution in [2.45, 2.75) is 57.5 Å². The molecule has 0 aliphatic carbocycles. The highest BCUT2D eigenvalue weighted by Crippen LogP contribution is 2.36. The second-order valence-corrected chi connectivity index (χ2v) is 9.84. The van der Waals surface area contributed by atoms with Gasteiger partial charge in [0.15, 0.2) is 5.82 Å². The fourth-order valence-corrected chi connectivity index (χ4v) is 4.99. The highest BCUT2D eigenvalue weighted by molar-refractivity contribution is 5.61. The lowest BCUT2D eigenvalue weighted by atomic mass is 9.91. The Kier molecular flexibility index (Phi) is 7.00. The molecule has 206 valence electrons. The second kappa shape index (κ2) is 10.1. The average molecular weight is 550 g/mol. The molecule has 3 heterocycles. The number of halogens is 6. The van der Waals surface area contributed by atoms with Crippen molar-refractivity contribution in [2.24, 2.45) is 0 Å². The van der Waals surface area contributed by atoms with Crippen molar-refractivity contribution in [1.29, 1.82) is 0 Å². The molecule has 2 atom stereocenters. The molecular formula is C27H25F6N5O. The lowest BCUT2D eigenvalue weighted by molar-refractivity contribution is -0.138. The summed E-state index contributed by atoms with van der Waals surface area (Å²) >= 11 is 0. The molecule has 1 N–H and O–H groups in total. The predicted octanol–water partition coefficient (Wildman–Crippen LogP) is 7.24. The predicted molar refractivity (Wildman–Crippen MR) is 130 cm³/mol. The number of nitrogens with zero attached hydrogens (tertiary/aromatic N) is 4. The minimum atomic E-state index is -4.47. The normalized spacial score (nSPS) is 19.0. The maximum atomic E-state index is 13.1. The number of H-pyrrole nitrogens is 1. The molecule has 12 heteroatoms. The molecule has 0 bridgehead atoms. The first-order chi connectivity index (χ1) is 18.4. The van der Waals surface area contributed by atoms with Gasteiger partial charge < -0.3 is 9.51 Å². The van der Waals surface area contributed by atoms with Gasteiger partial charge in [-0.05, 0) is 74.7 Å². The van der Waals surface area contributed by atoms with Crippen molar-refractivity contribution in [3.63, 3.8) is 0 Å². The molecule has 6 nitrogen and oxygen atoms in total. The van der Waals surface area contributed by atoms with Crippen molar-refractivity contribution in [2.75, 3.05) is 6.54 Å². The minimum absolute atomic E-state index is 0.0280. The molecule has 1 aliphatic rings. The molecule has 2 aromatic carbocycles. The van der Waals surface area contributed by atoms with Gasteiger partial charge in [-0.15, -0.1) is 0 Å². The van der Waals surface area contributed by atoms with Crippen molar-refractivity contribution in [1.82, 2.24) is 25.0 Å². The summed E-state index contributed by atoms with van der Waals surface area (Å²) in [5.74, 6) is 1.32. The van der Waals surface area contributed by atoms with Gasteiger partial charge in [-0.1, -0.05) is 17.3 Å². The summed E-state index contributed by atoms with van der Waals surface area (Å²) in [6.07, 6.45) is -5.67. The molecule has 39 heavy (non-hydrogen) atoms. The SMILES string of the molecule is Cc1cc(-c2cnc(C3CCN(Cc4noc(-c5cccc(C(F)(F)F)c5)n4)C(C)C3)[nH]2)ccc1C(F)(F)F.